The number of anilines is 1. The zero-order valence-corrected chi connectivity index (χ0v) is 16.7. The smallest absolute Gasteiger partial charge is 0.281 e. The van der Waals surface area contributed by atoms with Gasteiger partial charge in [0.1, 0.15) is 0 Å². The predicted octanol–water partition coefficient (Wildman–Crippen LogP) is 4.91. The van der Waals surface area contributed by atoms with Gasteiger partial charge in [-0.2, -0.15) is 9.67 Å². The van der Waals surface area contributed by atoms with E-state index < -0.39 is 0 Å². The van der Waals surface area contributed by atoms with Gasteiger partial charge in [0.05, 0.1) is 6.26 Å². The topological polar surface area (TPSA) is 73.0 Å². The standard InChI is InChI=1S/C21H17BrN4O2/c1-14-5-2-3-6-17(14)20(27)26-21(23-13-15-8-10-16(22)11-9-15)24-19(25-26)18-7-4-12-28-18/h2-12H,13H2,1H3,(H,23,24,25). The van der Waals surface area contributed by atoms with Crippen molar-refractivity contribution in [2.24, 2.45) is 0 Å². The number of hydrogen-bond donors (Lipinski definition) is 1. The summed E-state index contributed by atoms with van der Waals surface area (Å²) in [6.45, 7) is 2.40. The number of furan rings is 1. The number of benzene rings is 2. The van der Waals surface area contributed by atoms with Gasteiger partial charge in [0.2, 0.25) is 11.8 Å². The highest BCUT2D eigenvalue weighted by Gasteiger charge is 2.20. The molecule has 1 N–H and O–H groups in total. The molecule has 0 aliphatic carbocycles. The summed E-state index contributed by atoms with van der Waals surface area (Å²) in [5.41, 5.74) is 2.51. The second kappa shape index (κ2) is 7.82. The highest BCUT2D eigenvalue weighted by Crippen LogP contribution is 2.21. The Balaban J connectivity index is 1.68. The van der Waals surface area contributed by atoms with Crippen LogP contribution in [0.2, 0.25) is 0 Å². The van der Waals surface area contributed by atoms with Crippen molar-refractivity contribution in [2.75, 3.05) is 5.32 Å². The van der Waals surface area contributed by atoms with Crippen molar-refractivity contribution in [3.05, 3.63) is 88.1 Å². The minimum Gasteiger partial charge on any atom is -0.461 e. The van der Waals surface area contributed by atoms with Gasteiger partial charge in [-0.15, -0.1) is 5.10 Å². The lowest BCUT2D eigenvalue weighted by Gasteiger charge is -2.09. The van der Waals surface area contributed by atoms with Crippen molar-refractivity contribution in [1.29, 1.82) is 0 Å². The van der Waals surface area contributed by atoms with Crippen molar-refractivity contribution in [2.45, 2.75) is 13.5 Å². The molecule has 0 saturated carbocycles. The molecule has 140 valence electrons. The number of rotatable bonds is 5. The molecule has 0 aliphatic heterocycles. The van der Waals surface area contributed by atoms with E-state index in [-0.39, 0.29) is 5.91 Å². The molecule has 4 aromatic rings. The van der Waals surface area contributed by atoms with Gasteiger partial charge in [-0.25, -0.2) is 0 Å². The first-order chi connectivity index (χ1) is 13.6. The molecular formula is C21H17BrN4O2. The van der Waals surface area contributed by atoms with E-state index in [1.807, 2.05) is 49.4 Å². The van der Waals surface area contributed by atoms with Gasteiger partial charge >= 0.3 is 0 Å². The maximum absolute atomic E-state index is 13.1. The SMILES string of the molecule is Cc1ccccc1C(=O)n1nc(-c2ccco2)nc1NCc1ccc(Br)cc1. The Kier molecular flexibility index (Phi) is 5.08. The van der Waals surface area contributed by atoms with Crippen LogP contribution in [0.1, 0.15) is 21.5 Å². The molecule has 0 spiro atoms. The number of carbonyl (C=O) groups excluding carboxylic acids is 1. The maximum atomic E-state index is 13.1. The van der Waals surface area contributed by atoms with Gasteiger partial charge in [0.25, 0.3) is 5.91 Å². The fourth-order valence-corrected chi connectivity index (χ4v) is 3.05. The molecule has 4 rings (SSSR count). The Bertz CT molecular complexity index is 1100. The van der Waals surface area contributed by atoms with Crippen molar-refractivity contribution >= 4 is 27.8 Å². The molecule has 6 nitrogen and oxygen atoms in total. The van der Waals surface area contributed by atoms with Crippen LogP contribution >= 0.6 is 15.9 Å². The average Bonchev–Trinajstić information content (AvgIpc) is 3.37. The van der Waals surface area contributed by atoms with E-state index in [2.05, 4.69) is 31.3 Å². The van der Waals surface area contributed by atoms with E-state index in [1.54, 1.807) is 24.5 Å². The van der Waals surface area contributed by atoms with Gasteiger partial charge < -0.3 is 9.73 Å². The summed E-state index contributed by atoms with van der Waals surface area (Å²) in [7, 11) is 0. The first-order valence-corrected chi connectivity index (χ1v) is 9.51. The van der Waals surface area contributed by atoms with Crippen molar-refractivity contribution in [3.8, 4) is 11.6 Å². The Hall–Kier alpha value is -3.19. The molecule has 0 atom stereocenters. The van der Waals surface area contributed by atoms with Crippen LogP contribution in [0.4, 0.5) is 5.95 Å². The van der Waals surface area contributed by atoms with Gasteiger partial charge in [-0.1, -0.05) is 46.3 Å². The summed E-state index contributed by atoms with van der Waals surface area (Å²) in [6, 6.07) is 18.8. The molecule has 28 heavy (non-hydrogen) atoms. The second-order valence-corrected chi connectivity index (χ2v) is 7.16. The fourth-order valence-electron chi connectivity index (χ4n) is 2.79. The van der Waals surface area contributed by atoms with E-state index >= 15 is 0 Å². The predicted molar refractivity (Wildman–Crippen MR) is 110 cm³/mol. The van der Waals surface area contributed by atoms with Crippen LogP contribution in [0.3, 0.4) is 0 Å². The highest BCUT2D eigenvalue weighted by atomic mass is 79.9. The second-order valence-electron chi connectivity index (χ2n) is 6.25. The van der Waals surface area contributed by atoms with E-state index in [9.17, 15) is 4.79 Å². The zero-order valence-electron chi connectivity index (χ0n) is 15.1. The molecular weight excluding hydrogens is 420 g/mol. The minimum atomic E-state index is -0.248. The third-order valence-electron chi connectivity index (χ3n) is 4.28. The van der Waals surface area contributed by atoms with Gasteiger partial charge in [0.15, 0.2) is 5.76 Å². The molecule has 0 radical (unpaired) electrons. The minimum absolute atomic E-state index is 0.248. The summed E-state index contributed by atoms with van der Waals surface area (Å²) in [5, 5.41) is 7.60. The van der Waals surface area contributed by atoms with E-state index in [4.69, 9.17) is 4.42 Å². The molecule has 0 saturated heterocycles. The number of nitrogens with zero attached hydrogens (tertiary/aromatic N) is 3. The van der Waals surface area contributed by atoms with Crippen LogP contribution < -0.4 is 5.32 Å². The lowest BCUT2D eigenvalue weighted by Crippen LogP contribution is -2.18. The number of aryl methyl sites for hydroxylation is 1. The van der Waals surface area contributed by atoms with Crippen molar-refractivity contribution in [1.82, 2.24) is 14.8 Å². The number of carbonyl (C=O) groups is 1. The molecule has 0 bridgehead atoms. The number of aromatic nitrogens is 3. The Labute approximate surface area is 170 Å². The van der Waals surface area contributed by atoms with Gasteiger partial charge in [0, 0.05) is 16.6 Å². The molecule has 0 amide bonds. The molecule has 0 fully saturated rings. The van der Waals surface area contributed by atoms with E-state index in [0.29, 0.717) is 29.6 Å². The Morgan fingerprint density at radius 1 is 1.11 bits per heavy atom. The summed E-state index contributed by atoms with van der Waals surface area (Å²) < 4.78 is 7.69. The monoisotopic (exact) mass is 436 g/mol. The Morgan fingerprint density at radius 3 is 2.61 bits per heavy atom. The number of hydrogen-bond acceptors (Lipinski definition) is 5. The first kappa shape index (κ1) is 18.2. The van der Waals surface area contributed by atoms with Crippen molar-refractivity contribution in [3.63, 3.8) is 0 Å². The third-order valence-corrected chi connectivity index (χ3v) is 4.81. The fraction of sp³-hybridized carbons (Fsp3) is 0.0952. The first-order valence-electron chi connectivity index (χ1n) is 8.71. The molecule has 0 unspecified atom stereocenters. The van der Waals surface area contributed by atoms with Gasteiger partial charge in [-0.3, -0.25) is 4.79 Å². The molecule has 2 aromatic carbocycles. The maximum Gasteiger partial charge on any atom is 0.281 e. The van der Waals surface area contributed by atoms with Crippen LogP contribution in [-0.4, -0.2) is 20.7 Å². The average molecular weight is 437 g/mol. The van der Waals surface area contributed by atoms with Crippen LogP contribution in [0.15, 0.2) is 75.8 Å². The summed E-state index contributed by atoms with van der Waals surface area (Å²) in [4.78, 5) is 17.6. The van der Waals surface area contributed by atoms with Gasteiger partial charge in [-0.05, 0) is 48.4 Å². The van der Waals surface area contributed by atoms with Crippen LogP contribution in [-0.2, 0) is 6.54 Å². The number of halogens is 1. The number of nitrogens with one attached hydrogen (secondary N) is 1. The molecule has 2 aromatic heterocycles. The third kappa shape index (κ3) is 3.75. The lowest BCUT2D eigenvalue weighted by atomic mass is 10.1. The molecule has 7 heteroatoms. The molecule has 2 heterocycles. The summed E-state index contributed by atoms with van der Waals surface area (Å²) in [5.74, 6) is 0.970. The summed E-state index contributed by atoms with van der Waals surface area (Å²) >= 11 is 3.43. The van der Waals surface area contributed by atoms with Crippen LogP contribution in [0.25, 0.3) is 11.6 Å². The van der Waals surface area contributed by atoms with Crippen LogP contribution in [0, 0.1) is 6.92 Å². The lowest BCUT2D eigenvalue weighted by molar-refractivity contribution is 0.0947. The Morgan fingerprint density at radius 2 is 1.89 bits per heavy atom. The van der Waals surface area contributed by atoms with E-state index in [1.165, 1.54) is 4.68 Å². The largest absolute Gasteiger partial charge is 0.461 e. The quantitative estimate of drug-likeness (QED) is 0.481. The highest BCUT2D eigenvalue weighted by molar-refractivity contribution is 9.10. The normalized spacial score (nSPS) is 10.8. The van der Waals surface area contributed by atoms with Crippen molar-refractivity contribution < 1.29 is 9.21 Å². The summed E-state index contributed by atoms with van der Waals surface area (Å²) in [6.07, 6.45) is 1.55. The van der Waals surface area contributed by atoms with Crippen LogP contribution in [0.5, 0.6) is 0 Å². The zero-order chi connectivity index (χ0) is 19.5. The molecule has 0 aliphatic rings. The van der Waals surface area contributed by atoms with E-state index in [0.717, 1.165) is 15.6 Å².